The molecule has 2 heterocycles. The minimum Gasteiger partial charge on any atom is -0.454 e. The molecule has 0 amide bonds. The van der Waals surface area contributed by atoms with E-state index in [0.717, 1.165) is 49.9 Å². The smallest absolute Gasteiger partial charge is 0.231 e. The molecule has 0 atom stereocenters. The lowest BCUT2D eigenvalue weighted by molar-refractivity contribution is 0.174. The molecule has 8 heteroatoms. The lowest BCUT2D eigenvalue weighted by atomic mass is 10.1. The summed E-state index contributed by atoms with van der Waals surface area (Å²) in [6.07, 6.45) is 7.51. The molecule has 0 unspecified atom stereocenters. The third-order valence-corrected chi connectivity index (χ3v) is 3.81. The maximum atomic E-state index is 5.40. The monoisotopic (exact) mass is 457 g/mol. The Bertz CT molecular complexity index is 676. The van der Waals surface area contributed by atoms with Crippen molar-refractivity contribution in [3.63, 3.8) is 0 Å². The lowest BCUT2D eigenvalue weighted by Crippen LogP contribution is -2.38. The van der Waals surface area contributed by atoms with E-state index in [2.05, 4.69) is 31.2 Å². The Labute approximate surface area is 164 Å². The number of benzene rings is 1. The van der Waals surface area contributed by atoms with Gasteiger partial charge in [-0.1, -0.05) is 6.07 Å². The van der Waals surface area contributed by atoms with Crippen LogP contribution in [0.5, 0.6) is 11.5 Å². The molecule has 1 aromatic carbocycles. The van der Waals surface area contributed by atoms with Crippen molar-refractivity contribution in [2.24, 2.45) is 4.99 Å². The van der Waals surface area contributed by atoms with Crippen molar-refractivity contribution in [2.75, 3.05) is 26.9 Å². The summed E-state index contributed by atoms with van der Waals surface area (Å²) >= 11 is 0. The van der Waals surface area contributed by atoms with Crippen LogP contribution in [0.25, 0.3) is 0 Å². The molecule has 2 N–H and O–H groups in total. The second-order valence-corrected chi connectivity index (χ2v) is 5.52. The Kier molecular flexibility index (Phi) is 7.83. The zero-order chi connectivity index (χ0) is 16.6. The van der Waals surface area contributed by atoms with Gasteiger partial charge in [-0.25, -0.2) is 4.98 Å². The number of aryl methyl sites for hydroxylation is 1. The summed E-state index contributed by atoms with van der Waals surface area (Å²) in [7, 11) is 1.78. The number of nitrogens with one attached hydrogen (secondary N) is 2. The number of hydrogen-bond acceptors (Lipinski definition) is 4. The maximum Gasteiger partial charge on any atom is 0.231 e. The van der Waals surface area contributed by atoms with Crippen LogP contribution in [0.1, 0.15) is 12.0 Å². The third kappa shape index (κ3) is 5.80. The highest BCUT2D eigenvalue weighted by Gasteiger charge is 2.12. The molecular weight excluding hydrogens is 433 g/mol. The van der Waals surface area contributed by atoms with Crippen LogP contribution in [0, 0.1) is 0 Å². The van der Waals surface area contributed by atoms with Gasteiger partial charge in [0.05, 0.1) is 6.33 Å². The Hall–Kier alpha value is -1.97. The first kappa shape index (κ1) is 19.4. The molecule has 1 aliphatic heterocycles. The van der Waals surface area contributed by atoms with E-state index in [0.29, 0.717) is 6.79 Å². The fraction of sp³-hybridized carbons (Fsp3) is 0.412. The summed E-state index contributed by atoms with van der Waals surface area (Å²) in [5.41, 5.74) is 1.21. The molecule has 0 radical (unpaired) electrons. The van der Waals surface area contributed by atoms with Crippen molar-refractivity contribution in [3.8, 4) is 11.5 Å². The molecule has 3 rings (SSSR count). The third-order valence-electron chi connectivity index (χ3n) is 3.81. The Morgan fingerprint density at radius 1 is 1.24 bits per heavy atom. The number of guanidine groups is 1. The van der Waals surface area contributed by atoms with Crippen molar-refractivity contribution < 1.29 is 9.47 Å². The summed E-state index contributed by atoms with van der Waals surface area (Å²) < 4.78 is 12.8. The van der Waals surface area contributed by atoms with E-state index < -0.39 is 0 Å². The Balaban J connectivity index is 0.00000225. The van der Waals surface area contributed by atoms with Gasteiger partial charge in [0.25, 0.3) is 0 Å². The molecule has 1 aromatic heterocycles. The fourth-order valence-corrected chi connectivity index (χ4v) is 2.53. The van der Waals surface area contributed by atoms with E-state index in [4.69, 9.17) is 9.47 Å². The van der Waals surface area contributed by atoms with Crippen molar-refractivity contribution in [1.82, 2.24) is 20.2 Å². The van der Waals surface area contributed by atoms with Gasteiger partial charge < -0.3 is 24.7 Å². The molecule has 25 heavy (non-hydrogen) atoms. The second-order valence-electron chi connectivity index (χ2n) is 5.52. The number of ether oxygens (including phenoxy) is 2. The second kappa shape index (κ2) is 10.1. The van der Waals surface area contributed by atoms with Gasteiger partial charge in [-0.05, 0) is 30.5 Å². The number of imidazole rings is 1. The quantitative estimate of drug-likeness (QED) is 0.288. The summed E-state index contributed by atoms with van der Waals surface area (Å²) in [5, 5.41) is 6.65. The number of halogens is 1. The molecule has 7 nitrogen and oxygen atoms in total. The predicted molar refractivity (Wildman–Crippen MR) is 108 cm³/mol. The number of aromatic nitrogens is 2. The first-order chi connectivity index (χ1) is 11.8. The van der Waals surface area contributed by atoms with Crippen LogP contribution in [0.2, 0.25) is 0 Å². The number of fused-ring (bicyclic) bond motifs is 1. The van der Waals surface area contributed by atoms with Gasteiger partial charge in [0.1, 0.15) is 0 Å². The van der Waals surface area contributed by atoms with Crippen LogP contribution in [-0.2, 0) is 13.0 Å². The minimum atomic E-state index is 0. The molecule has 136 valence electrons. The van der Waals surface area contributed by atoms with Crippen LogP contribution in [0.15, 0.2) is 41.9 Å². The average molecular weight is 457 g/mol. The number of aliphatic imine (C=N–C) groups is 1. The first-order valence-corrected chi connectivity index (χ1v) is 8.14. The zero-order valence-corrected chi connectivity index (χ0v) is 16.6. The van der Waals surface area contributed by atoms with Crippen molar-refractivity contribution >= 4 is 29.9 Å². The Morgan fingerprint density at radius 3 is 2.88 bits per heavy atom. The highest BCUT2D eigenvalue weighted by Crippen LogP contribution is 2.32. The average Bonchev–Trinajstić information content (AvgIpc) is 3.27. The van der Waals surface area contributed by atoms with Gasteiger partial charge in [-0.2, -0.15) is 0 Å². The molecule has 2 aromatic rings. The first-order valence-electron chi connectivity index (χ1n) is 8.14. The van der Waals surface area contributed by atoms with Crippen molar-refractivity contribution in [2.45, 2.75) is 19.4 Å². The Morgan fingerprint density at radius 2 is 2.08 bits per heavy atom. The summed E-state index contributed by atoms with van der Waals surface area (Å²) in [6, 6.07) is 6.06. The molecule has 0 spiro atoms. The number of hydrogen-bond donors (Lipinski definition) is 2. The fourth-order valence-electron chi connectivity index (χ4n) is 2.53. The molecule has 0 fully saturated rings. The van der Waals surface area contributed by atoms with E-state index in [9.17, 15) is 0 Å². The van der Waals surface area contributed by atoms with Crippen LogP contribution in [-0.4, -0.2) is 42.4 Å². The largest absolute Gasteiger partial charge is 0.454 e. The molecule has 0 saturated heterocycles. The van der Waals surface area contributed by atoms with E-state index >= 15 is 0 Å². The van der Waals surface area contributed by atoms with Crippen LogP contribution >= 0.6 is 24.0 Å². The van der Waals surface area contributed by atoms with E-state index in [1.165, 1.54) is 5.56 Å². The maximum absolute atomic E-state index is 5.40. The van der Waals surface area contributed by atoms with Crippen molar-refractivity contribution in [3.05, 3.63) is 42.5 Å². The van der Waals surface area contributed by atoms with E-state index in [-0.39, 0.29) is 24.0 Å². The highest BCUT2D eigenvalue weighted by molar-refractivity contribution is 14.0. The van der Waals surface area contributed by atoms with Gasteiger partial charge >= 0.3 is 0 Å². The molecule has 1 aliphatic rings. The van der Waals surface area contributed by atoms with E-state index in [1.807, 2.05) is 24.7 Å². The number of rotatable bonds is 7. The predicted octanol–water partition coefficient (Wildman–Crippen LogP) is 2.03. The summed E-state index contributed by atoms with van der Waals surface area (Å²) in [6.45, 7) is 2.93. The van der Waals surface area contributed by atoms with Gasteiger partial charge in [0.2, 0.25) is 6.79 Å². The zero-order valence-electron chi connectivity index (χ0n) is 14.3. The van der Waals surface area contributed by atoms with Gasteiger partial charge in [-0.15, -0.1) is 24.0 Å². The van der Waals surface area contributed by atoms with Gasteiger partial charge in [-0.3, -0.25) is 4.99 Å². The SMILES string of the molecule is CN=C(NCCCn1ccnc1)NCCc1ccc2c(c1)OCO2.I. The van der Waals surface area contributed by atoms with Gasteiger partial charge in [0.15, 0.2) is 17.5 Å². The van der Waals surface area contributed by atoms with E-state index in [1.54, 1.807) is 13.2 Å². The molecule has 0 saturated carbocycles. The molecule has 0 aliphatic carbocycles. The summed E-state index contributed by atoms with van der Waals surface area (Å²) in [4.78, 5) is 8.28. The van der Waals surface area contributed by atoms with Gasteiger partial charge in [0, 0.05) is 39.1 Å². The topological polar surface area (TPSA) is 72.7 Å². The number of nitrogens with zero attached hydrogens (tertiary/aromatic N) is 3. The van der Waals surface area contributed by atoms with Crippen LogP contribution in [0.4, 0.5) is 0 Å². The minimum absolute atomic E-state index is 0. The van der Waals surface area contributed by atoms with Crippen LogP contribution < -0.4 is 20.1 Å². The highest BCUT2D eigenvalue weighted by atomic mass is 127. The lowest BCUT2D eigenvalue weighted by Gasteiger charge is -2.12. The molecule has 0 bridgehead atoms. The normalized spacial score (nSPS) is 12.6. The molecular formula is C17H24IN5O2. The van der Waals surface area contributed by atoms with Crippen molar-refractivity contribution in [1.29, 1.82) is 0 Å². The summed E-state index contributed by atoms with van der Waals surface area (Å²) in [5.74, 6) is 2.47. The standard InChI is InChI=1S/C17H23N5O2.HI/c1-18-17(20-6-2-9-22-10-8-19-12-22)21-7-5-14-3-4-15-16(11-14)24-13-23-15;/h3-4,8,10-12H,2,5-7,9,13H2,1H3,(H2,18,20,21);1H. The van der Waals surface area contributed by atoms with Crippen LogP contribution in [0.3, 0.4) is 0 Å².